The van der Waals surface area contributed by atoms with E-state index in [1.165, 1.54) is 36.4 Å². The molecule has 0 saturated carbocycles. The van der Waals surface area contributed by atoms with Crippen LogP contribution < -0.4 is 10.1 Å². The fourth-order valence-electron chi connectivity index (χ4n) is 4.11. The van der Waals surface area contributed by atoms with Crippen LogP contribution in [0.25, 0.3) is 32.8 Å². The molecule has 0 fully saturated rings. The number of nitro benzene ring substituents is 1. The number of fused-ring (bicyclic) bond motifs is 5. The van der Waals surface area contributed by atoms with Crippen molar-refractivity contribution in [3.05, 3.63) is 64.3 Å². The molecular formula is C23H15F3N4O5. The van der Waals surface area contributed by atoms with Crippen LogP contribution in [0.5, 0.6) is 5.75 Å². The summed E-state index contributed by atoms with van der Waals surface area (Å²) in [5.41, 5.74) is 0.693. The van der Waals surface area contributed by atoms with Crippen LogP contribution in [-0.4, -0.2) is 39.3 Å². The molecule has 4 aromatic rings. The summed E-state index contributed by atoms with van der Waals surface area (Å²) < 4.78 is 45.1. The Bertz CT molecular complexity index is 1540. The van der Waals surface area contributed by atoms with E-state index in [1.807, 2.05) is 0 Å². The predicted octanol–water partition coefficient (Wildman–Crippen LogP) is 4.37. The average molecular weight is 484 g/mol. The number of esters is 1. The van der Waals surface area contributed by atoms with Gasteiger partial charge in [-0.25, -0.2) is 4.79 Å². The van der Waals surface area contributed by atoms with Gasteiger partial charge in [-0.05, 0) is 35.6 Å². The second kappa shape index (κ2) is 8.08. The maximum Gasteiger partial charge on any atom is 0.491 e. The second-order valence-corrected chi connectivity index (χ2v) is 7.91. The van der Waals surface area contributed by atoms with Gasteiger partial charge in [0, 0.05) is 41.6 Å². The van der Waals surface area contributed by atoms with Crippen LogP contribution in [0.3, 0.4) is 0 Å². The van der Waals surface area contributed by atoms with Gasteiger partial charge in [-0.1, -0.05) is 18.2 Å². The van der Waals surface area contributed by atoms with Crippen molar-refractivity contribution in [2.45, 2.75) is 19.1 Å². The molecule has 1 aliphatic heterocycles. The number of alkyl halides is 3. The molecule has 0 saturated heterocycles. The SMILES string of the molecule is O=C1NCCCn2nc3c(ccc4cc(OC(=O)C(F)(F)F)c(-c5cccc([N+](=O)[O-])c5)cc43)c21. The number of rotatable bonds is 3. The Balaban J connectivity index is 1.77. The van der Waals surface area contributed by atoms with Crippen LogP contribution in [-0.2, 0) is 11.3 Å². The molecule has 2 heterocycles. The molecule has 0 spiro atoms. The molecule has 1 aliphatic rings. The Hall–Kier alpha value is -4.48. The van der Waals surface area contributed by atoms with Gasteiger partial charge in [0.25, 0.3) is 11.6 Å². The van der Waals surface area contributed by atoms with Crippen LogP contribution in [0.2, 0.25) is 0 Å². The number of ether oxygens (including phenoxy) is 1. The van der Waals surface area contributed by atoms with E-state index in [0.29, 0.717) is 46.9 Å². The summed E-state index contributed by atoms with van der Waals surface area (Å²) in [6, 6.07) is 11.1. The van der Waals surface area contributed by atoms with E-state index in [0.717, 1.165) is 0 Å². The number of amides is 1. The first-order valence-electron chi connectivity index (χ1n) is 10.4. The number of aromatic nitrogens is 2. The summed E-state index contributed by atoms with van der Waals surface area (Å²) in [7, 11) is 0. The summed E-state index contributed by atoms with van der Waals surface area (Å²) in [4.78, 5) is 34.8. The van der Waals surface area contributed by atoms with Crippen molar-refractivity contribution in [2.24, 2.45) is 0 Å². The van der Waals surface area contributed by atoms with E-state index in [-0.39, 0.29) is 22.7 Å². The standard InChI is InChI=1S/C23H15F3N4O5/c24-23(25,26)22(32)35-18-10-13-5-6-15-19(28-29-8-2-7-27-21(31)20(15)29)17(13)11-16(18)12-3-1-4-14(9-12)30(33)34/h1,3-6,9-11H,2,7-8H2,(H,27,31). The molecule has 0 aliphatic carbocycles. The number of carbonyl (C=O) groups is 2. The van der Waals surface area contributed by atoms with Gasteiger partial charge in [-0.2, -0.15) is 18.3 Å². The van der Waals surface area contributed by atoms with Crippen molar-refractivity contribution >= 4 is 39.2 Å². The smallest absolute Gasteiger partial charge is 0.419 e. The van der Waals surface area contributed by atoms with Crippen LogP contribution in [0.15, 0.2) is 48.5 Å². The van der Waals surface area contributed by atoms with Crippen molar-refractivity contribution in [2.75, 3.05) is 6.54 Å². The number of carbonyl (C=O) groups excluding carboxylic acids is 2. The Morgan fingerprint density at radius 2 is 1.94 bits per heavy atom. The van der Waals surface area contributed by atoms with Gasteiger partial charge in [0.05, 0.1) is 4.92 Å². The van der Waals surface area contributed by atoms with E-state index in [2.05, 4.69) is 15.2 Å². The number of halogens is 3. The number of benzene rings is 3. The van der Waals surface area contributed by atoms with Gasteiger partial charge in [-0.3, -0.25) is 19.6 Å². The fraction of sp³-hybridized carbons (Fsp3) is 0.174. The molecule has 1 N–H and O–H groups in total. The zero-order valence-electron chi connectivity index (χ0n) is 17.8. The molecule has 1 aromatic heterocycles. The van der Waals surface area contributed by atoms with Gasteiger partial charge >= 0.3 is 12.1 Å². The van der Waals surface area contributed by atoms with Crippen LogP contribution in [0.4, 0.5) is 18.9 Å². The molecule has 0 atom stereocenters. The molecule has 1 amide bonds. The van der Waals surface area contributed by atoms with E-state index in [4.69, 9.17) is 0 Å². The topological polar surface area (TPSA) is 116 Å². The summed E-state index contributed by atoms with van der Waals surface area (Å²) in [6.07, 6.45) is -4.57. The molecule has 178 valence electrons. The van der Waals surface area contributed by atoms with Gasteiger partial charge in [-0.15, -0.1) is 0 Å². The van der Waals surface area contributed by atoms with Crippen molar-refractivity contribution in [1.29, 1.82) is 0 Å². The lowest BCUT2D eigenvalue weighted by Crippen LogP contribution is -2.28. The monoisotopic (exact) mass is 484 g/mol. The van der Waals surface area contributed by atoms with E-state index < -0.39 is 22.8 Å². The summed E-state index contributed by atoms with van der Waals surface area (Å²) in [5, 5.41) is 20.0. The van der Waals surface area contributed by atoms with Crippen molar-refractivity contribution in [3.63, 3.8) is 0 Å². The second-order valence-electron chi connectivity index (χ2n) is 7.91. The highest BCUT2D eigenvalue weighted by Gasteiger charge is 2.41. The molecular weight excluding hydrogens is 469 g/mol. The first-order valence-corrected chi connectivity index (χ1v) is 10.4. The zero-order chi connectivity index (χ0) is 24.9. The maximum atomic E-state index is 12.9. The highest BCUT2D eigenvalue weighted by molar-refractivity contribution is 6.14. The Labute approximate surface area is 194 Å². The third-order valence-corrected chi connectivity index (χ3v) is 5.67. The first-order chi connectivity index (χ1) is 16.6. The van der Waals surface area contributed by atoms with E-state index in [9.17, 15) is 32.9 Å². The molecule has 0 unspecified atom stereocenters. The molecule has 9 nitrogen and oxygen atoms in total. The third kappa shape index (κ3) is 3.92. The molecule has 0 radical (unpaired) electrons. The largest absolute Gasteiger partial charge is 0.491 e. The van der Waals surface area contributed by atoms with Gasteiger partial charge < -0.3 is 10.1 Å². The van der Waals surface area contributed by atoms with Gasteiger partial charge in [0.15, 0.2) is 0 Å². The number of nitrogens with zero attached hydrogens (tertiary/aromatic N) is 3. The predicted molar refractivity (Wildman–Crippen MR) is 118 cm³/mol. The highest BCUT2D eigenvalue weighted by atomic mass is 19.4. The van der Waals surface area contributed by atoms with Crippen LogP contribution in [0.1, 0.15) is 16.9 Å². The quantitative estimate of drug-likeness (QED) is 0.200. The number of hydrogen-bond acceptors (Lipinski definition) is 6. The van der Waals surface area contributed by atoms with E-state index >= 15 is 0 Å². The molecule has 12 heteroatoms. The van der Waals surface area contributed by atoms with Gasteiger partial charge in [0.1, 0.15) is 17.0 Å². The minimum absolute atomic E-state index is 0.0268. The Morgan fingerprint density at radius 3 is 2.69 bits per heavy atom. The minimum atomic E-state index is -5.24. The Morgan fingerprint density at radius 1 is 1.14 bits per heavy atom. The van der Waals surface area contributed by atoms with Crippen LogP contribution in [0, 0.1) is 10.1 Å². The Kier molecular flexibility index (Phi) is 5.15. The number of hydrogen-bond donors (Lipinski definition) is 1. The minimum Gasteiger partial charge on any atom is -0.419 e. The van der Waals surface area contributed by atoms with Crippen molar-refractivity contribution < 1.29 is 32.4 Å². The summed E-state index contributed by atoms with van der Waals surface area (Å²) in [6.45, 7) is 0.991. The first kappa shape index (κ1) is 22.3. The third-order valence-electron chi connectivity index (χ3n) is 5.67. The lowest BCUT2D eigenvalue weighted by molar-refractivity contribution is -0.384. The number of nitrogens with one attached hydrogen (secondary N) is 1. The lowest BCUT2D eigenvalue weighted by atomic mass is 9.98. The molecule has 35 heavy (non-hydrogen) atoms. The highest BCUT2D eigenvalue weighted by Crippen LogP contribution is 2.39. The normalized spacial score (nSPS) is 13.9. The average Bonchev–Trinajstić information content (AvgIpc) is 3.09. The molecule has 3 aromatic carbocycles. The van der Waals surface area contributed by atoms with Crippen molar-refractivity contribution in [3.8, 4) is 16.9 Å². The lowest BCUT2D eigenvalue weighted by Gasteiger charge is -2.13. The van der Waals surface area contributed by atoms with E-state index in [1.54, 1.807) is 16.8 Å². The number of nitro groups is 1. The number of aryl methyl sites for hydroxylation is 1. The molecule has 0 bridgehead atoms. The van der Waals surface area contributed by atoms with Gasteiger partial charge in [0.2, 0.25) is 0 Å². The van der Waals surface area contributed by atoms with Crippen LogP contribution >= 0.6 is 0 Å². The zero-order valence-corrected chi connectivity index (χ0v) is 17.8. The molecule has 5 rings (SSSR count). The maximum absolute atomic E-state index is 12.9. The fourth-order valence-corrected chi connectivity index (χ4v) is 4.11. The summed E-state index contributed by atoms with van der Waals surface area (Å²) in [5.74, 6) is -3.13. The van der Waals surface area contributed by atoms with Crippen molar-refractivity contribution in [1.82, 2.24) is 15.1 Å². The number of non-ortho nitro benzene ring substituents is 1. The summed E-state index contributed by atoms with van der Waals surface area (Å²) >= 11 is 0.